The van der Waals surface area contributed by atoms with Crippen molar-refractivity contribution in [2.45, 2.75) is 6.54 Å². The highest BCUT2D eigenvalue weighted by molar-refractivity contribution is 5.74. The highest BCUT2D eigenvalue weighted by Gasteiger charge is 2.11. The van der Waals surface area contributed by atoms with Crippen LogP contribution in [0.1, 0.15) is 5.56 Å². The van der Waals surface area contributed by atoms with E-state index in [0.717, 1.165) is 5.56 Å². The second-order valence-electron chi connectivity index (χ2n) is 3.57. The van der Waals surface area contributed by atoms with Gasteiger partial charge in [0.2, 0.25) is 17.7 Å². The molecule has 19 heavy (non-hydrogen) atoms. The average molecular weight is 270 g/mol. The summed E-state index contributed by atoms with van der Waals surface area (Å²) in [6, 6.07) is 0. The fraction of sp³-hybridized carbons (Fsp3) is 0.545. The van der Waals surface area contributed by atoms with E-state index in [9.17, 15) is 4.79 Å². The largest absolute Gasteiger partial charge is 0.481 e. The predicted molar refractivity (Wildman–Crippen MR) is 66.9 cm³/mol. The summed E-state index contributed by atoms with van der Waals surface area (Å²) in [6.07, 6.45) is 1.37. The Morgan fingerprint density at radius 3 is 2.47 bits per heavy atom. The van der Waals surface area contributed by atoms with E-state index in [1.807, 2.05) is 0 Å². The summed E-state index contributed by atoms with van der Waals surface area (Å²) in [5.74, 6) is 0.426. The molecule has 0 saturated carbocycles. The number of amides is 1. The van der Waals surface area contributed by atoms with Gasteiger partial charge in [0.25, 0.3) is 0 Å². The number of primary amides is 1. The molecule has 0 unspecified atom stereocenters. The Labute approximate surface area is 111 Å². The van der Waals surface area contributed by atoms with Gasteiger partial charge in [-0.25, -0.2) is 9.97 Å². The number of rotatable bonds is 9. The van der Waals surface area contributed by atoms with E-state index in [1.54, 1.807) is 0 Å². The van der Waals surface area contributed by atoms with Crippen molar-refractivity contribution >= 4 is 5.91 Å². The molecule has 0 bridgehead atoms. The van der Waals surface area contributed by atoms with Crippen LogP contribution >= 0.6 is 0 Å². The average Bonchev–Trinajstić information content (AvgIpc) is 2.42. The van der Waals surface area contributed by atoms with Crippen molar-refractivity contribution in [2.75, 3.05) is 34.0 Å². The fourth-order valence-corrected chi connectivity index (χ4v) is 1.41. The first-order chi connectivity index (χ1) is 9.19. The summed E-state index contributed by atoms with van der Waals surface area (Å²) in [5.41, 5.74) is 5.66. The van der Waals surface area contributed by atoms with Crippen molar-refractivity contribution in [3.63, 3.8) is 0 Å². The number of aromatic nitrogens is 2. The van der Waals surface area contributed by atoms with Crippen molar-refractivity contribution in [1.82, 2.24) is 15.3 Å². The minimum Gasteiger partial charge on any atom is -0.481 e. The third kappa shape index (κ3) is 5.06. The maximum atomic E-state index is 10.4. The zero-order chi connectivity index (χ0) is 14.1. The van der Waals surface area contributed by atoms with Crippen molar-refractivity contribution in [1.29, 1.82) is 0 Å². The van der Waals surface area contributed by atoms with Crippen LogP contribution in [-0.4, -0.2) is 49.9 Å². The molecule has 0 aliphatic heterocycles. The van der Waals surface area contributed by atoms with E-state index in [2.05, 4.69) is 15.3 Å². The van der Waals surface area contributed by atoms with Gasteiger partial charge in [-0.15, -0.1) is 0 Å². The van der Waals surface area contributed by atoms with E-state index < -0.39 is 5.91 Å². The Kier molecular flexibility index (Phi) is 6.55. The van der Waals surface area contributed by atoms with Gasteiger partial charge in [-0.3, -0.25) is 4.79 Å². The number of carbonyl (C=O) groups excluding carboxylic acids is 1. The van der Waals surface area contributed by atoms with Gasteiger partial charge < -0.3 is 25.3 Å². The molecule has 0 atom stereocenters. The molecule has 1 aromatic heterocycles. The molecule has 8 heteroatoms. The first kappa shape index (κ1) is 15.1. The number of methoxy groups -OCH3 is 2. The SMILES string of the molecule is COc1ncnc(OC)c1CNCCOCC(N)=O. The van der Waals surface area contributed by atoms with Gasteiger partial charge in [-0.1, -0.05) is 0 Å². The van der Waals surface area contributed by atoms with Crippen LogP contribution in [0.25, 0.3) is 0 Å². The summed E-state index contributed by atoms with van der Waals surface area (Å²) >= 11 is 0. The predicted octanol–water partition coefficient (Wildman–Crippen LogP) is -0.915. The van der Waals surface area contributed by atoms with Crippen LogP contribution in [0.3, 0.4) is 0 Å². The summed E-state index contributed by atoms with van der Waals surface area (Å²) < 4.78 is 15.3. The molecular weight excluding hydrogens is 252 g/mol. The molecule has 1 heterocycles. The zero-order valence-corrected chi connectivity index (χ0v) is 11.0. The first-order valence-corrected chi connectivity index (χ1v) is 5.67. The molecule has 1 aromatic rings. The van der Waals surface area contributed by atoms with Gasteiger partial charge >= 0.3 is 0 Å². The number of nitrogens with zero attached hydrogens (tertiary/aromatic N) is 2. The van der Waals surface area contributed by atoms with Crippen molar-refractivity contribution in [3.8, 4) is 11.8 Å². The standard InChI is InChI=1S/C11H18N4O4/c1-17-10-8(11(18-2)15-7-14-10)5-13-3-4-19-6-9(12)16/h7,13H,3-6H2,1-2H3,(H2,12,16). The number of carbonyl (C=O) groups is 1. The lowest BCUT2D eigenvalue weighted by molar-refractivity contribution is -0.122. The molecule has 1 amide bonds. The monoisotopic (exact) mass is 270 g/mol. The van der Waals surface area contributed by atoms with Crippen molar-refractivity contribution < 1.29 is 19.0 Å². The lowest BCUT2D eigenvalue weighted by Gasteiger charge is -2.11. The van der Waals surface area contributed by atoms with Crippen LogP contribution in [0.4, 0.5) is 0 Å². The second kappa shape index (κ2) is 8.22. The van der Waals surface area contributed by atoms with Crippen LogP contribution in [0, 0.1) is 0 Å². The molecule has 8 nitrogen and oxygen atoms in total. The van der Waals surface area contributed by atoms with Crippen molar-refractivity contribution in [2.24, 2.45) is 5.73 Å². The zero-order valence-electron chi connectivity index (χ0n) is 11.0. The molecule has 1 rings (SSSR count). The molecule has 0 radical (unpaired) electrons. The number of hydrogen-bond donors (Lipinski definition) is 2. The molecular formula is C11H18N4O4. The fourth-order valence-electron chi connectivity index (χ4n) is 1.41. The quantitative estimate of drug-likeness (QED) is 0.559. The summed E-state index contributed by atoms with van der Waals surface area (Å²) in [6.45, 7) is 1.31. The van der Waals surface area contributed by atoms with Crippen LogP contribution in [-0.2, 0) is 16.1 Å². The third-order valence-corrected chi connectivity index (χ3v) is 2.22. The van der Waals surface area contributed by atoms with Gasteiger partial charge in [0.15, 0.2) is 0 Å². The minimum atomic E-state index is -0.486. The molecule has 0 aliphatic rings. The molecule has 0 spiro atoms. The van der Waals surface area contributed by atoms with Gasteiger partial charge in [-0.2, -0.15) is 0 Å². The van der Waals surface area contributed by atoms with Gasteiger partial charge in [0.1, 0.15) is 12.9 Å². The van der Waals surface area contributed by atoms with E-state index in [1.165, 1.54) is 20.5 Å². The topological polar surface area (TPSA) is 109 Å². The summed E-state index contributed by atoms with van der Waals surface area (Å²) in [7, 11) is 3.06. The smallest absolute Gasteiger partial charge is 0.243 e. The summed E-state index contributed by atoms with van der Waals surface area (Å²) in [5, 5.41) is 3.11. The van der Waals surface area contributed by atoms with Gasteiger partial charge in [0, 0.05) is 13.1 Å². The van der Waals surface area contributed by atoms with Crippen molar-refractivity contribution in [3.05, 3.63) is 11.9 Å². The number of nitrogens with one attached hydrogen (secondary N) is 1. The highest BCUT2D eigenvalue weighted by atomic mass is 16.5. The molecule has 0 fully saturated rings. The Balaban J connectivity index is 2.41. The van der Waals surface area contributed by atoms with Crippen LogP contribution in [0.15, 0.2) is 6.33 Å². The van der Waals surface area contributed by atoms with Gasteiger partial charge in [0.05, 0.1) is 26.4 Å². The number of nitrogens with two attached hydrogens (primary N) is 1. The first-order valence-electron chi connectivity index (χ1n) is 5.67. The van der Waals surface area contributed by atoms with Crippen LogP contribution < -0.4 is 20.5 Å². The Bertz CT molecular complexity index is 391. The second-order valence-corrected chi connectivity index (χ2v) is 3.57. The normalized spacial score (nSPS) is 10.2. The van der Waals surface area contributed by atoms with E-state index in [4.69, 9.17) is 19.9 Å². The maximum Gasteiger partial charge on any atom is 0.243 e. The molecule has 0 aromatic carbocycles. The van der Waals surface area contributed by atoms with Gasteiger partial charge in [-0.05, 0) is 0 Å². The lowest BCUT2D eigenvalue weighted by Crippen LogP contribution is -2.24. The van der Waals surface area contributed by atoms with Crippen LogP contribution in [0.2, 0.25) is 0 Å². The molecule has 0 saturated heterocycles. The Morgan fingerprint density at radius 2 is 1.95 bits per heavy atom. The maximum absolute atomic E-state index is 10.4. The molecule has 106 valence electrons. The Hall–Kier alpha value is -1.93. The lowest BCUT2D eigenvalue weighted by atomic mass is 10.3. The molecule has 3 N–H and O–H groups in total. The third-order valence-electron chi connectivity index (χ3n) is 2.22. The van der Waals surface area contributed by atoms with Crippen LogP contribution in [0.5, 0.6) is 11.8 Å². The highest BCUT2D eigenvalue weighted by Crippen LogP contribution is 2.22. The van der Waals surface area contributed by atoms with E-state index in [0.29, 0.717) is 31.5 Å². The Morgan fingerprint density at radius 1 is 1.32 bits per heavy atom. The minimum absolute atomic E-state index is 0.0806. The van der Waals surface area contributed by atoms with E-state index in [-0.39, 0.29) is 6.61 Å². The number of hydrogen-bond acceptors (Lipinski definition) is 7. The van der Waals surface area contributed by atoms with E-state index >= 15 is 0 Å². The summed E-state index contributed by atoms with van der Waals surface area (Å²) in [4.78, 5) is 18.4. The molecule has 0 aliphatic carbocycles. The number of ether oxygens (including phenoxy) is 3.